The fourth-order valence-corrected chi connectivity index (χ4v) is 2.69. The van der Waals surface area contributed by atoms with Crippen molar-refractivity contribution in [3.05, 3.63) is 29.3 Å². The molecule has 0 saturated carbocycles. The van der Waals surface area contributed by atoms with Crippen LogP contribution < -0.4 is 5.73 Å². The average molecular weight is 234 g/mol. The van der Waals surface area contributed by atoms with E-state index in [1.54, 1.807) is 6.07 Å². The standard InChI is InChI=1S/C14H22N2O/c1-11-4-5-14(17)12(10-11)13(6-7-15)16-8-2-3-9-16/h4-5,10,13,17H,2-3,6-9,15H2,1H3. The Kier molecular flexibility index (Phi) is 4.02. The van der Waals surface area contributed by atoms with E-state index in [-0.39, 0.29) is 6.04 Å². The lowest BCUT2D eigenvalue weighted by Crippen LogP contribution is -2.27. The van der Waals surface area contributed by atoms with E-state index in [1.807, 2.05) is 6.07 Å². The minimum atomic E-state index is 0.280. The molecule has 94 valence electrons. The lowest BCUT2D eigenvalue weighted by atomic mass is 9.99. The zero-order valence-corrected chi connectivity index (χ0v) is 10.5. The van der Waals surface area contributed by atoms with Gasteiger partial charge in [0, 0.05) is 11.6 Å². The first kappa shape index (κ1) is 12.4. The predicted octanol–water partition coefficient (Wildman–Crippen LogP) is 2.19. The van der Waals surface area contributed by atoms with Crippen LogP contribution in [0.15, 0.2) is 18.2 Å². The summed E-state index contributed by atoms with van der Waals surface area (Å²) in [6, 6.07) is 6.11. The Hall–Kier alpha value is -1.06. The zero-order chi connectivity index (χ0) is 12.3. The summed E-state index contributed by atoms with van der Waals surface area (Å²) in [6.07, 6.45) is 3.43. The van der Waals surface area contributed by atoms with Crippen LogP contribution in [0, 0.1) is 6.92 Å². The molecule has 1 fully saturated rings. The smallest absolute Gasteiger partial charge is 0.120 e. The molecule has 0 bridgehead atoms. The summed E-state index contributed by atoms with van der Waals surface area (Å²) in [5, 5.41) is 10.0. The summed E-state index contributed by atoms with van der Waals surface area (Å²) in [6.45, 7) is 4.97. The number of rotatable bonds is 4. The number of phenolic OH excluding ortho intramolecular Hbond substituents is 1. The largest absolute Gasteiger partial charge is 0.508 e. The molecule has 3 N–H and O–H groups in total. The molecule has 1 aromatic carbocycles. The first-order valence-electron chi connectivity index (χ1n) is 6.46. The third-order valence-corrected chi connectivity index (χ3v) is 3.56. The van der Waals surface area contributed by atoms with Gasteiger partial charge in [-0.1, -0.05) is 17.7 Å². The van der Waals surface area contributed by atoms with Gasteiger partial charge in [0.15, 0.2) is 0 Å². The molecule has 1 heterocycles. The molecule has 0 radical (unpaired) electrons. The highest BCUT2D eigenvalue weighted by molar-refractivity contribution is 5.38. The van der Waals surface area contributed by atoms with Gasteiger partial charge in [-0.3, -0.25) is 4.90 Å². The van der Waals surface area contributed by atoms with Crippen LogP contribution in [-0.4, -0.2) is 29.6 Å². The minimum Gasteiger partial charge on any atom is -0.508 e. The maximum Gasteiger partial charge on any atom is 0.120 e. The summed E-state index contributed by atoms with van der Waals surface area (Å²) < 4.78 is 0. The third-order valence-electron chi connectivity index (χ3n) is 3.56. The Morgan fingerprint density at radius 1 is 1.35 bits per heavy atom. The van der Waals surface area contributed by atoms with Crippen molar-refractivity contribution in [2.24, 2.45) is 5.73 Å². The van der Waals surface area contributed by atoms with Gasteiger partial charge in [0.1, 0.15) is 5.75 Å². The van der Waals surface area contributed by atoms with Crippen molar-refractivity contribution in [1.82, 2.24) is 4.90 Å². The molecule has 0 amide bonds. The van der Waals surface area contributed by atoms with Gasteiger partial charge in [0.05, 0.1) is 0 Å². The second-order valence-electron chi connectivity index (χ2n) is 4.90. The van der Waals surface area contributed by atoms with E-state index in [1.165, 1.54) is 18.4 Å². The van der Waals surface area contributed by atoms with E-state index in [9.17, 15) is 5.11 Å². The summed E-state index contributed by atoms with van der Waals surface area (Å²) >= 11 is 0. The van der Waals surface area contributed by atoms with Crippen molar-refractivity contribution in [2.45, 2.75) is 32.2 Å². The Labute approximate surface area is 103 Å². The van der Waals surface area contributed by atoms with Gasteiger partial charge in [-0.05, 0) is 51.9 Å². The van der Waals surface area contributed by atoms with Gasteiger partial charge in [-0.2, -0.15) is 0 Å². The molecule has 1 saturated heterocycles. The predicted molar refractivity (Wildman–Crippen MR) is 70.1 cm³/mol. The van der Waals surface area contributed by atoms with Gasteiger partial charge in [0.2, 0.25) is 0 Å². The molecular formula is C14H22N2O. The Morgan fingerprint density at radius 3 is 2.71 bits per heavy atom. The maximum atomic E-state index is 10.0. The third kappa shape index (κ3) is 2.79. The number of hydrogen-bond acceptors (Lipinski definition) is 3. The Morgan fingerprint density at radius 2 is 2.06 bits per heavy atom. The first-order valence-corrected chi connectivity index (χ1v) is 6.46. The number of benzene rings is 1. The molecular weight excluding hydrogens is 212 g/mol. The van der Waals surface area contributed by atoms with Crippen LogP contribution in [0.4, 0.5) is 0 Å². The number of nitrogens with two attached hydrogens (primary N) is 1. The highest BCUT2D eigenvalue weighted by Crippen LogP contribution is 2.33. The molecule has 0 spiro atoms. The molecule has 0 aromatic heterocycles. The molecule has 0 aliphatic carbocycles. The highest BCUT2D eigenvalue weighted by Gasteiger charge is 2.24. The Bertz CT molecular complexity index is 372. The number of likely N-dealkylation sites (tertiary alicyclic amines) is 1. The lowest BCUT2D eigenvalue weighted by molar-refractivity contribution is 0.231. The molecule has 2 rings (SSSR count). The van der Waals surface area contributed by atoms with E-state index in [0.29, 0.717) is 12.3 Å². The number of aryl methyl sites for hydroxylation is 1. The van der Waals surface area contributed by atoms with Crippen molar-refractivity contribution in [3.63, 3.8) is 0 Å². The summed E-state index contributed by atoms with van der Waals surface area (Å²) in [5.74, 6) is 0.404. The zero-order valence-electron chi connectivity index (χ0n) is 10.5. The molecule has 1 unspecified atom stereocenters. The van der Waals surface area contributed by atoms with E-state index in [4.69, 9.17) is 5.73 Å². The van der Waals surface area contributed by atoms with Crippen LogP contribution in [0.1, 0.15) is 36.4 Å². The van der Waals surface area contributed by atoms with Gasteiger partial charge in [0.25, 0.3) is 0 Å². The molecule has 1 aliphatic heterocycles. The molecule has 3 heteroatoms. The number of hydrogen-bond donors (Lipinski definition) is 2. The molecule has 1 atom stereocenters. The summed E-state index contributed by atoms with van der Waals surface area (Å²) in [5.41, 5.74) is 7.95. The molecule has 17 heavy (non-hydrogen) atoms. The number of nitrogens with zero attached hydrogens (tertiary/aromatic N) is 1. The fourth-order valence-electron chi connectivity index (χ4n) is 2.69. The number of phenols is 1. The maximum absolute atomic E-state index is 10.0. The van der Waals surface area contributed by atoms with Crippen LogP contribution in [0.25, 0.3) is 0 Å². The van der Waals surface area contributed by atoms with Crippen molar-refractivity contribution in [3.8, 4) is 5.75 Å². The topological polar surface area (TPSA) is 49.5 Å². The van der Waals surface area contributed by atoms with Crippen molar-refractivity contribution >= 4 is 0 Å². The van der Waals surface area contributed by atoms with Gasteiger partial charge in [-0.15, -0.1) is 0 Å². The van der Waals surface area contributed by atoms with E-state index >= 15 is 0 Å². The lowest BCUT2D eigenvalue weighted by Gasteiger charge is -2.28. The SMILES string of the molecule is Cc1ccc(O)c(C(CCN)N2CCCC2)c1. The summed E-state index contributed by atoms with van der Waals surface area (Å²) in [4.78, 5) is 2.45. The molecule has 1 aromatic rings. The summed E-state index contributed by atoms with van der Waals surface area (Å²) in [7, 11) is 0. The monoisotopic (exact) mass is 234 g/mol. The van der Waals surface area contributed by atoms with E-state index < -0.39 is 0 Å². The van der Waals surface area contributed by atoms with Crippen LogP contribution in [0.2, 0.25) is 0 Å². The van der Waals surface area contributed by atoms with Crippen molar-refractivity contribution in [2.75, 3.05) is 19.6 Å². The fraction of sp³-hybridized carbons (Fsp3) is 0.571. The number of aromatic hydroxyl groups is 1. The molecule has 1 aliphatic rings. The first-order chi connectivity index (χ1) is 8.22. The second kappa shape index (κ2) is 5.52. The van der Waals surface area contributed by atoms with Gasteiger partial charge in [-0.25, -0.2) is 0 Å². The van der Waals surface area contributed by atoms with Crippen molar-refractivity contribution < 1.29 is 5.11 Å². The van der Waals surface area contributed by atoms with Crippen LogP contribution in [0.5, 0.6) is 5.75 Å². The van der Waals surface area contributed by atoms with Crippen LogP contribution in [0.3, 0.4) is 0 Å². The second-order valence-corrected chi connectivity index (χ2v) is 4.90. The quantitative estimate of drug-likeness (QED) is 0.839. The Balaban J connectivity index is 2.27. The highest BCUT2D eigenvalue weighted by atomic mass is 16.3. The normalized spacial score (nSPS) is 18.5. The molecule has 3 nitrogen and oxygen atoms in total. The van der Waals surface area contributed by atoms with Crippen molar-refractivity contribution in [1.29, 1.82) is 0 Å². The minimum absolute atomic E-state index is 0.280. The van der Waals surface area contributed by atoms with Crippen LogP contribution in [-0.2, 0) is 0 Å². The van der Waals surface area contributed by atoms with E-state index in [2.05, 4.69) is 17.9 Å². The van der Waals surface area contributed by atoms with Gasteiger partial charge >= 0.3 is 0 Å². The average Bonchev–Trinajstić information content (AvgIpc) is 2.83. The van der Waals surface area contributed by atoms with Gasteiger partial charge < -0.3 is 10.8 Å². The van der Waals surface area contributed by atoms with E-state index in [0.717, 1.165) is 25.1 Å². The van der Waals surface area contributed by atoms with Crippen LogP contribution >= 0.6 is 0 Å².